The highest BCUT2D eigenvalue weighted by atomic mass is 35.5. The highest BCUT2D eigenvalue weighted by Gasteiger charge is 2.17. The van der Waals surface area contributed by atoms with Gasteiger partial charge in [-0.25, -0.2) is 0 Å². The van der Waals surface area contributed by atoms with E-state index in [0.717, 1.165) is 12.1 Å². The molecule has 2 N–H and O–H groups in total. The summed E-state index contributed by atoms with van der Waals surface area (Å²) in [4.78, 5) is 45.9. The molecule has 0 bridgehead atoms. The predicted octanol–water partition coefficient (Wildman–Crippen LogP) is 3.97. The normalized spacial score (nSPS) is 10.9. The molecule has 0 fully saturated rings. The predicted molar refractivity (Wildman–Crippen MR) is 106 cm³/mol. The molecule has 0 saturated carbocycles. The SMILES string of the molecule is CC(=O)c1ccc(NC(=O)/C=C(/C)C(=O)Nc2ccc(Cl)cc2[N+](=O)[O-])cc1. The van der Waals surface area contributed by atoms with Gasteiger partial charge in [0.25, 0.3) is 11.6 Å². The largest absolute Gasteiger partial charge is 0.323 e. The van der Waals surface area contributed by atoms with Crippen molar-refractivity contribution in [2.45, 2.75) is 13.8 Å². The molecule has 9 heteroatoms. The molecule has 144 valence electrons. The Kier molecular flexibility index (Phi) is 6.62. The maximum absolute atomic E-state index is 12.2. The molecule has 0 aliphatic rings. The Balaban J connectivity index is 2.08. The number of anilines is 2. The fraction of sp³-hybridized carbons (Fsp3) is 0.105. The van der Waals surface area contributed by atoms with Gasteiger partial charge < -0.3 is 10.6 Å². The number of Topliss-reactive ketones (excluding diaryl/α,β-unsaturated/α-hetero) is 1. The van der Waals surface area contributed by atoms with Crippen LogP contribution in [0.15, 0.2) is 54.1 Å². The number of amides is 2. The summed E-state index contributed by atoms with van der Waals surface area (Å²) in [5.41, 5.74) is 0.611. The summed E-state index contributed by atoms with van der Waals surface area (Å²) in [6, 6.07) is 10.1. The molecule has 0 atom stereocenters. The first-order valence-corrected chi connectivity index (χ1v) is 8.40. The van der Waals surface area contributed by atoms with Crippen LogP contribution in [0, 0.1) is 10.1 Å². The average Bonchev–Trinajstić information content (AvgIpc) is 2.63. The van der Waals surface area contributed by atoms with Gasteiger partial charge in [0, 0.05) is 34.0 Å². The molecule has 2 amide bonds. The third kappa shape index (κ3) is 5.49. The van der Waals surface area contributed by atoms with E-state index in [1.54, 1.807) is 24.3 Å². The van der Waals surface area contributed by atoms with E-state index in [4.69, 9.17) is 11.6 Å². The van der Waals surface area contributed by atoms with Crippen LogP contribution < -0.4 is 10.6 Å². The van der Waals surface area contributed by atoms with E-state index >= 15 is 0 Å². The van der Waals surface area contributed by atoms with Crippen molar-refractivity contribution in [1.29, 1.82) is 0 Å². The average molecular weight is 402 g/mol. The van der Waals surface area contributed by atoms with Crippen LogP contribution in [0.25, 0.3) is 0 Å². The second-order valence-corrected chi connectivity index (χ2v) is 6.26. The monoisotopic (exact) mass is 401 g/mol. The van der Waals surface area contributed by atoms with Gasteiger partial charge in [-0.05, 0) is 50.2 Å². The smallest absolute Gasteiger partial charge is 0.294 e. The molecule has 2 aromatic carbocycles. The zero-order valence-corrected chi connectivity index (χ0v) is 15.7. The minimum Gasteiger partial charge on any atom is -0.323 e. The minimum atomic E-state index is -0.674. The van der Waals surface area contributed by atoms with Crippen LogP contribution in [-0.4, -0.2) is 22.5 Å². The first-order valence-electron chi connectivity index (χ1n) is 8.03. The lowest BCUT2D eigenvalue weighted by molar-refractivity contribution is -0.383. The molecule has 0 saturated heterocycles. The number of nitrogens with zero attached hydrogens (tertiary/aromatic N) is 1. The molecule has 0 unspecified atom stereocenters. The lowest BCUT2D eigenvalue weighted by Gasteiger charge is -2.07. The zero-order valence-electron chi connectivity index (χ0n) is 15.0. The third-order valence-corrected chi connectivity index (χ3v) is 3.90. The van der Waals surface area contributed by atoms with Crippen molar-refractivity contribution in [2.24, 2.45) is 0 Å². The second kappa shape index (κ2) is 8.92. The molecule has 0 aliphatic heterocycles. The number of nitro benzene ring substituents is 1. The van der Waals surface area contributed by atoms with Crippen molar-refractivity contribution < 1.29 is 19.3 Å². The number of carbonyl (C=O) groups excluding carboxylic acids is 3. The van der Waals surface area contributed by atoms with Crippen LogP contribution in [0.1, 0.15) is 24.2 Å². The summed E-state index contributed by atoms with van der Waals surface area (Å²) >= 11 is 5.73. The van der Waals surface area contributed by atoms with Crippen molar-refractivity contribution in [2.75, 3.05) is 10.6 Å². The molecular formula is C19H16ClN3O5. The van der Waals surface area contributed by atoms with Gasteiger partial charge in [-0.15, -0.1) is 0 Å². The maximum atomic E-state index is 12.2. The van der Waals surface area contributed by atoms with Gasteiger partial charge in [0.1, 0.15) is 5.69 Å². The van der Waals surface area contributed by atoms with Gasteiger partial charge in [-0.3, -0.25) is 24.5 Å². The standard InChI is InChI=1S/C19H16ClN3O5/c1-11(9-18(25)21-15-6-3-13(4-7-15)12(2)24)19(26)22-16-8-5-14(20)10-17(16)23(27)28/h3-10H,1-2H3,(H,21,25)(H,22,26)/b11-9-. The summed E-state index contributed by atoms with van der Waals surface area (Å²) in [5, 5.41) is 16.2. The van der Waals surface area contributed by atoms with Gasteiger partial charge in [0.15, 0.2) is 5.78 Å². The van der Waals surface area contributed by atoms with Crippen molar-refractivity contribution >= 4 is 46.3 Å². The first kappa shape index (κ1) is 20.8. The third-order valence-electron chi connectivity index (χ3n) is 3.67. The number of ketones is 1. The lowest BCUT2D eigenvalue weighted by Crippen LogP contribution is -2.17. The molecule has 2 rings (SSSR count). The Hall–Kier alpha value is -3.52. The second-order valence-electron chi connectivity index (χ2n) is 5.82. The van der Waals surface area contributed by atoms with E-state index in [1.807, 2.05) is 0 Å². The van der Waals surface area contributed by atoms with Crippen molar-refractivity contribution in [1.82, 2.24) is 0 Å². The van der Waals surface area contributed by atoms with Gasteiger partial charge in [-0.2, -0.15) is 0 Å². The number of halogens is 1. The number of rotatable bonds is 6. The van der Waals surface area contributed by atoms with Crippen LogP contribution in [0.5, 0.6) is 0 Å². The molecule has 0 heterocycles. The van der Waals surface area contributed by atoms with Crippen molar-refractivity contribution in [3.05, 3.63) is 74.8 Å². The Bertz CT molecular complexity index is 984. The van der Waals surface area contributed by atoms with Crippen LogP contribution in [0.3, 0.4) is 0 Å². The number of nitrogens with one attached hydrogen (secondary N) is 2. The van der Waals surface area contributed by atoms with Gasteiger partial charge in [0.05, 0.1) is 4.92 Å². The van der Waals surface area contributed by atoms with E-state index in [-0.39, 0.29) is 27.8 Å². The summed E-state index contributed by atoms with van der Waals surface area (Å²) in [6.07, 6.45) is 1.07. The number of nitro groups is 1. The topological polar surface area (TPSA) is 118 Å². The fourth-order valence-corrected chi connectivity index (χ4v) is 2.38. The molecule has 0 aromatic heterocycles. The van der Waals surface area contributed by atoms with Gasteiger partial charge >= 0.3 is 0 Å². The van der Waals surface area contributed by atoms with Gasteiger partial charge in [-0.1, -0.05) is 11.6 Å². The van der Waals surface area contributed by atoms with Crippen LogP contribution in [0.4, 0.5) is 17.1 Å². The zero-order chi connectivity index (χ0) is 20.8. The van der Waals surface area contributed by atoms with E-state index < -0.39 is 16.7 Å². The van der Waals surface area contributed by atoms with Crippen LogP contribution >= 0.6 is 11.6 Å². The number of hydrogen-bond acceptors (Lipinski definition) is 5. The van der Waals surface area contributed by atoms with Gasteiger partial charge in [0.2, 0.25) is 5.91 Å². The molecule has 28 heavy (non-hydrogen) atoms. The van der Waals surface area contributed by atoms with Crippen molar-refractivity contribution in [3.63, 3.8) is 0 Å². The molecule has 8 nitrogen and oxygen atoms in total. The Morgan fingerprint density at radius 3 is 2.25 bits per heavy atom. The molecular weight excluding hydrogens is 386 g/mol. The van der Waals surface area contributed by atoms with E-state index in [9.17, 15) is 24.5 Å². The summed E-state index contributed by atoms with van der Waals surface area (Å²) in [5.74, 6) is -1.33. The first-order chi connectivity index (χ1) is 13.2. The molecule has 0 radical (unpaired) electrons. The quantitative estimate of drug-likeness (QED) is 0.328. The number of benzene rings is 2. The highest BCUT2D eigenvalue weighted by molar-refractivity contribution is 6.31. The highest BCUT2D eigenvalue weighted by Crippen LogP contribution is 2.28. The summed E-state index contributed by atoms with van der Waals surface area (Å²) < 4.78 is 0. The molecule has 0 spiro atoms. The maximum Gasteiger partial charge on any atom is 0.294 e. The number of hydrogen-bond donors (Lipinski definition) is 2. The summed E-state index contributed by atoms with van der Waals surface area (Å²) in [6.45, 7) is 2.83. The van der Waals surface area contributed by atoms with E-state index in [0.29, 0.717) is 11.3 Å². The van der Waals surface area contributed by atoms with Crippen LogP contribution in [0.2, 0.25) is 5.02 Å². The fourth-order valence-electron chi connectivity index (χ4n) is 2.21. The minimum absolute atomic E-state index is 0.0348. The summed E-state index contributed by atoms with van der Waals surface area (Å²) in [7, 11) is 0. The Labute approximate surface area is 165 Å². The van der Waals surface area contributed by atoms with Crippen molar-refractivity contribution in [3.8, 4) is 0 Å². The molecule has 2 aromatic rings. The molecule has 0 aliphatic carbocycles. The Morgan fingerprint density at radius 2 is 1.68 bits per heavy atom. The van der Waals surface area contributed by atoms with E-state index in [2.05, 4.69) is 10.6 Å². The number of carbonyl (C=O) groups is 3. The van der Waals surface area contributed by atoms with E-state index in [1.165, 1.54) is 26.0 Å². The lowest BCUT2D eigenvalue weighted by atomic mass is 10.1. The van der Waals surface area contributed by atoms with Crippen LogP contribution in [-0.2, 0) is 9.59 Å². The Morgan fingerprint density at radius 1 is 1.04 bits per heavy atom.